The Morgan fingerprint density at radius 2 is 1.63 bits per heavy atom. The topological polar surface area (TPSA) is 58.6 Å². The fourth-order valence-corrected chi connectivity index (χ4v) is 3.70. The fourth-order valence-electron chi connectivity index (χ4n) is 3.58. The Labute approximate surface area is 164 Å². The summed E-state index contributed by atoms with van der Waals surface area (Å²) in [5.74, 6) is 1.53. The van der Waals surface area contributed by atoms with Gasteiger partial charge in [0.05, 0.1) is 5.56 Å². The van der Waals surface area contributed by atoms with Gasteiger partial charge >= 0.3 is 0 Å². The van der Waals surface area contributed by atoms with Crippen LogP contribution in [-0.2, 0) is 0 Å². The van der Waals surface area contributed by atoms with Crippen LogP contribution in [0.4, 0.5) is 5.95 Å². The quantitative estimate of drug-likeness (QED) is 0.805. The van der Waals surface area contributed by atoms with Crippen LogP contribution in [0.1, 0.15) is 36.0 Å². The first kappa shape index (κ1) is 18.0. The highest BCUT2D eigenvalue weighted by Gasteiger charge is 2.25. The molecule has 27 heavy (non-hydrogen) atoms. The van der Waals surface area contributed by atoms with Gasteiger partial charge in [0, 0.05) is 56.4 Å². The molecular formula is C20H23ClN4O2. The zero-order valence-electron chi connectivity index (χ0n) is 15.2. The molecule has 2 fully saturated rings. The van der Waals surface area contributed by atoms with E-state index in [-0.39, 0.29) is 12.0 Å². The highest BCUT2D eigenvalue weighted by Crippen LogP contribution is 2.22. The zero-order valence-corrected chi connectivity index (χ0v) is 15.9. The number of nitrogens with zero attached hydrogens (tertiary/aromatic N) is 4. The van der Waals surface area contributed by atoms with Gasteiger partial charge in [0.25, 0.3) is 5.91 Å². The molecule has 4 rings (SSSR count). The Morgan fingerprint density at radius 3 is 2.26 bits per heavy atom. The molecule has 0 radical (unpaired) electrons. The summed E-state index contributed by atoms with van der Waals surface area (Å²) in [5.41, 5.74) is 0.551. The molecule has 0 bridgehead atoms. The van der Waals surface area contributed by atoms with E-state index in [0.29, 0.717) is 23.7 Å². The molecular weight excluding hydrogens is 364 g/mol. The van der Waals surface area contributed by atoms with E-state index >= 15 is 0 Å². The predicted octanol–water partition coefficient (Wildman–Crippen LogP) is 3.41. The van der Waals surface area contributed by atoms with Crippen molar-refractivity contribution in [3.8, 4) is 5.75 Å². The van der Waals surface area contributed by atoms with Gasteiger partial charge in [-0.15, -0.1) is 0 Å². The number of benzene rings is 1. The molecule has 142 valence electrons. The molecule has 3 heterocycles. The second-order valence-corrected chi connectivity index (χ2v) is 7.47. The number of piperidine rings is 1. The lowest BCUT2D eigenvalue weighted by atomic mass is 10.1. The minimum absolute atomic E-state index is 0.00656. The van der Waals surface area contributed by atoms with Crippen molar-refractivity contribution in [2.24, 2.45) is 0 Å². The summed E-state index contributed by atoms with van der Waals surface area (Å²) in [7, 11) is 0. The largest absolute Gasteiger partial charge is 0.490 e. The average Bonchev–Trinajstić information content (AvgIpc) is 3.25. The van der Waals surface area contributed by atoms with Gasteiger partial charge in [-0.1, -0.05) is 11.6 Å². The minimum atomic E-state index is -0.00656. The van der Waals surface area contributed by atoms with Crippen LogP contribution in [0, 0.1) is 0 Å². The van der Waals surface area contributed by atoms with Gasteiger partial charge in [-0.3, -0.25) is 4.79 Å². The van der Waals surface area contributed by atoms with Gasteiger partial charge in [-0.25, -0.2) is 9.97 Å². The van der Waals surface area contributed by atoms with Crippen molar-refractivity contribution in [1.82, 2.24) is 14.9 Å². The van der Waals surface area contributed by atoms with Gasteiger partial charge in [0.2, 0.25) is 5.95 Å². The summed E-state index contributed by atoms with van der Waals surface area (Å²) in [6, 6.07) is 7.39. The second kappa shape index (κ2) is 8.13. The van der Waals surface area contributed by atoms with Gasteiger partial charge in [-0.05, 0) is 37.1 Å². The number of halogens is 1. The molecule has 1 aromatic carbocycles. The molecule has 1 aromatic heterocycles. The molecule has 2 aliphatic heterocycles. The van der Waals surface area contributed by atoms with Crippen molar-refractivity contribution in [3.05, 3.63) is 47.2 Å². The summed E-state index contributed by atoms with van der Waals surface area (Å²) >= 11 is 5.90. The van der Waals surface area contributed by atoms with Crippen molar-refractivity contribution in [3.63, 3.8) is 0 Å². The van der Waals surface area contributed by atoms with Crippen molar-refractivity contribution in [1.29, 1.82) is 0 Å². The number of rotatable bonds is 4. The van der Waals surface area contributed by atoms with Gasteiger partial charge < -0.3 is 14.5 Å². The first-order chi connectivity index (χ1) is 13.2. The van der Waals surface area contributed by atoms with Gasteiger partial charge in [0.15, 0.2) is 0 Å². The number of aromatic nitrogens is 2. The zero-order chi connectivity index (χ0) is 18.6. The van der Waals surface area contributed by atoms with Crippen LogP contribution < -0.4 is 9.64 Å². The van der Waals surface area contributed by atoms with E-state index in [0.717, 1.165) is 37.6 Å². The third-order valence-corrected chi connectivity index (χ3v) is 5.37. The first-order valence-corrected chi connectivity index (χ1v) is 9.85. The second-order valence-electron chi connectivity index (χ2n) is 7.03. The molecule has 0 saturated carbocycles. The predicted molar refractivity (Wildman–Crippen MR) is 104 cm³/mol. The summed E-state index contributed by atoms with van der Waals surface area (Å²) in [5, 5.41) is 0.695. The molecule has 0 atom stereocenters. The van der Waals surface area contributed by atoms with E-state index < -0.39 is 0 Å². The van der Waals surface area contributed by atoms with E-state index in [2.05, 4.69) is 14.9 Å². The van der Waals surface area contributed by atoms with Gasteiger partial charge in [-0.2, -0.15) is 0 Å². The van der Waals surface area contributed by atoms with Crippen LogP contribution in [0.3, 0.4) is 0 Å². The van der Waals surface area contributed by atoms with E-state index in [1.165, 1.54) is 12.8 Å². The number of carbonyl (C=O) groups excluding carboxylic acids is 1. The highest BCUT2D eigenvalue weighted by molar-refractivity contribution is 6.30. The number of anilines is 1. The lowest BCUT2D eigenvalue weighted by Gasteiger charge is -2.32. The molecule has 7 heteroatoms. The maximum atomic E-state index is 12.7. The standard InChI is InChI=1S/C20H23ClN4O2/c21-16-3-5-17(6-4-16)27-18-7-11-24(12-8-18)19(26)15-13-22-20(23-14-15)25-9-1-2-10-25/h3-6,13-14,18H,1-2,7-12H2. The van der Waals surface area contributed by atoms with Crippen LogP contribution in [0.2, 0.25) is 5.02 Å². The van der Waals surface area contributed by atoms with Crippen LogP contribution in [0.25, 0.3) is 0 Å². The number of likely N-dealkylation sites (tertiary alicyclic amines) is 1. The molecule has 1 amide bonds. The van der Waals surface area contributed by atoms with E-state index in [1.54, 1.807) is 12.4 Å². The minimum Gasteiger partial charge on any atom is -0.490 e. The van der Waals surface area contributed by atoms with Crippen molar-refractivity contribution in [2.75, 3.05) is 31.1 Å². The SMILES string of the molecule is O=C(c1cnc(N2CCCC2)nc1)N1CCC(Oc2ccc(Cl)cc2)CC1. The molecule has 2 saturated heterocycles. The molecule has 0 aliphatic carbocycles. The number of hydrogen-bond acceptors (Lipinski definition) is 5. The molecule has 6 nitrogen and oxygen atoms in total. The summed E-state index contributed by atoms with van der Waals surface area (Å²) in [4.78, 5) is 25.5. The highest BCUT2D eigenvalue weighted by atomic mass is 35.5. The normalized spacial score (nSPS) is 18.0. The lowest BCUT2D eigenvalue weighted by molar-refractivity contribution is 0.0595. The molecule has 2 aliphatic rings. The molecule has 0 N–H and O–H groups in total. The average molecular weight is 387 g/mol. The molecule has 2 aromatic rings. The third kappa shape index (κ3) is 4.33. The van der Waals surface area contributed by atoms with Crippen LogP contribution in [-0.4, -0.2) is 53.1 Å². The Morgan fingerprint density at radius 1 is 1.00 bits per heavy atom. The maximum absolute atomic E-state index is 12.7. The maximum Gasteiger partial charge on any atom is 0.256 e. The number of hydrogen-bond donors (Lipinski definition) is 0. The smallest absolute Gasteiger partial charge is 0.256 e. The monoisotopic (exact) mass is 386 g/mol. The summed E-state index contributed by atoms with van der Waals surface area (Å²) in [6.45, 7) is 3.33. The Hall–Kier alpha value is -2.34. The van der Waals surface area contributed by atoms with E-state index in [4.69, 9.17) is 16.3 Å². The fraction of sp³-hybridized carbons (Fsp3) is 0.450. The first-order valence-electron chi connectivity index (χ1n) is 9.47. The van der Waals surface area contributed by atoms with Crippen LogP contribution in [0.15, 0.2) is 36.7 Å². The summed E-state index contributed by atoms with van der Waals surface area (Å²) < 4.78 is 5.99. The van der Waals surface area contributed by atoms with Gasteiger partial charge in [0.1, 0.15) is 11.9 Å². The van der Waals surface area contributed by atoms with E-state index in [1.807, 2.05) is 29.2 Å². The summed E-state index contributed by atoms with van der Waals surface area (Å²) in [6.07, 6.45) is 7.39. The van der Waals surface area contributed by atoms with Crippen molar-refractivity contribution >= 4 is 23.5 Å². The Bertz CT molecular complexity index is 768. The van der Waals surface area contributed by atoms with E-state index in [9.17, 15) is 4.79 Å². The number of carbonyl (C=O) groups is 1. The number of amides is 1. The Kier molecular flexibility index (Phi) is 5.43. The van der Waals surface area contributed by atoms with Crippen molar-refractivity contribution in [2.45, 2.75) is 31.8 Å². The third-order valence-electron chi connectivity index (χ3n) is 5.12. The van der Waals surface area contributed by atoms with Crippen molar-refractivity contribution < 1.29 is 9.53 Å². The lowest BCUT2D eigenvalue weighted by Crippen LogP contribution is -2.41. The number of ether oxygens (including phenoxy) is 1. The Balaban J connectivity index is 1.31. The molecule has 0 spiro atoms. The molecule has 0 unspecified atom stereocenters. The van der Waals surface area contributed by atoms with Crippen LogP contribution >= 0.6 is 11.6 Å². The van der Waals surface area contributed by atoms with Crippen LogP contribution in [0.5, 0.6) is 5.75 Å².